The van der Waals surface area contributed by atoms with Gasteiger partial charge in [-0.25, -0.2) is 9.97 Å². The fourth-order valence-corrected chi connectivity index (χ4v) is 7.55. The highest BCUT2D eigenvalue weighted by Gasteiger charge is 2.37. The second-order valence-corrected chi connectivity index (χ2v) is 15.9. The monoisotopic (exact) mass is 642 g/mol. The Balaban J connectivity index is 1.29. The van der Waals surface area contributed by atoms with E-state index in [-0.39, 0.29) is 16.2 Å². The van der Waals surface area contributed by atoms with Crippen LogP contribution in [0.25, 0.3) is 45.1 Å². The Bertz CT molecular complexity index is 2030. The van der Waals surface area contributed by atoms with Gasteiger partial charge in [0.1, 0.15) is 22.5 Å². The van der Waals surface area contributed by atoms with Crippen molar-refractivity contribution in [2.24, 2.45) is 0 Å². The van der Waals surface area contributed by atoms with Gasteiger partial charge in [0, 0.05) is 27.7 Å². The van der Waals surface area contributed by atoms with Crippen molar-refractivity contribution in [2.75, 3.05) is 0 Å². The number of fused-ring (bicyclic) bond motifs is 2. The smallest absolute Gasteiger partial charge is 0.227 e. The van der Waals surface area contributed by atoms with E-state index in [1.165, 1.54) is 17.5 Å². The molecule has 1 saturated carbocycles. The van der Waals surface area contributed by atoms with Crippen LogP contribution in [-0.2, 0) is 16.2 Å². The van der Waals surface area contributed by atoms with Crippen LogP contribution >= 0.6 is 0 Å². The van der Waals surface area contributed by atoms with Crippen molar-refractivity contribution < 1.29 is 19.0 Å². The van der Waals surface area contributed by atoms with Crippen molar-refractivity contribution in [3.8, 4) is 34.4 Å². The lowest BCUT2D eigenvalue weighted by Crippen LogP contribution is -2.30. The molecule has 0 aliphatic heterocycles. The largest absolute Gasteiger partial charge is 0.507 e. The molecule has 1 fully saturated rings. The Kier molecular flexibility index (Phi) is 7.50. The van der Waals surface area contributed by atoms with E-state index < -0.39 is 0 Å². The molecule has 2 N–H and O–H groups in total. The highest BCUT2D eigenvalue weighted by atomic mass is 16.4. The van der Waals surface area contributed by atoms with Crippen LogP contribution in [0.15, 0.2) is 69.5 Å². The van der Waals surface area contributed by atoms with Crippen molar-refractivity contribution in [1.29, 1.82) is 0 Å². The summed E-state index contributed by atoms with van der Waals surface area (Å²) in [6, 6.07) is 20.8. The molecule has 48 heavy (non-hydrogen) atoms. The maximum atomic E-state index is 10.8. The minimum atomic E-state index is -0.221. The summed E-state index contributed by atoms with van der Waals surface area (Å²) < 4.78 is 12.6. The van der Waals surface area contributed by atoms with E-state index in [0.717, 1.165) is 81.3 Å². The molecule has 0 spiro atoms. The maximum Gasteiger partial charge on any atom is 0.227 e. The SMILES string of the molecule is Cc1cc(-c2nc3cc(C4(c5ccc6oc(-c7cc(C)c(O)c(C(C)(C)C)c7)nc6c5)CCCCC4)ccc3o2)cc(C(C)(C)C)c1O. The standard InChI is InChI=1S/C42H46N2O4/c1-24-18-26(20-30(36(24)45)40(3,4)5)38-43-32-22-28(12-14-34(32)47-38)42(16-10-9-11-17-42)29-13-15-35-33(23-29)44-39(48-35)27-19-25(2)37(46)31(21-27)41(6,7)8/h12-15,18-23,45-46H,9-11,16-17H2,1-8H3. The number of aryl methyl sites for hydroxylation is 2. The Morgan fingerprint density at radius 3 is 1.40 bits per heavy atom. The first kappa shape index (κ1) is 32.0. The molecule has 1 aliphatic rings. The van der Waals surface area contributed by atoms with E-state index in [0.29, 0.717) is 23.3 Å². The molecule has 1 aliphatic carbocycles. The van der Waals surface area contributed by atoms with E-state index in [1.54, 1.807) is 0 Å². The second kappa shape index (κ2) is 11.3. The van der Waals surface area contributed by atoms with Crippen LogP contribution in [0, 0.1) is 13.8 Å². The topological polar surface area (TPSA) is 92.5 Å². The normalized spacial score (nSPS) is 15.4. The number of nitrogens with zero attached hydrogens (tertiary/aromatic N) is 2. The van der Waals surface area contributed by atoms with Crippen molar-refractivity contribution in [3.05, 3.63) is 94.0 Å². The summed E-state index contributed by atoms with van der Waals surface area (Å²) in [6.45, 7) is 16.4. The third-order valence-corrected chi connectivity index (χ3v) is 10.3. The number of oxazole rings is 2. The number of benzene rings is 4. The first-order chi connectivity index (χ1) is 22.6. The van der Waals surface area contributed by atoms with Crippen molar-refractivity contribution >= 4 is 22.2 Å². The zero-order chi connectivity index (χ0) is 34.2. The zero-order valence-electron chi connectivity index (χ0n) is 29.4. The van der Waals surface area contributed by atoms with Crippen LogP contribution in [0.1, 0.15) is 107 Å². The van der Waals surface area contributed by atoms with Gasteiger partial charge in [-0.15, -0.1) is 0 Å². The summed E-state index contributed by atoms with van der Waals surface area (Å²) in [7, 11) is 0. The van der Waals surface area contributed by atoms with Crippen LogP contribution in [0.4, 0.5) is 0 Å². The van der Waals surface area contributed by atoms with Gasteiger partial charge in [0.2, 0.25) is 11.8 Å². The molecular weight excluding hydrogens is 596 g/mol. The number of hydrogen-bond acceptors (Lipinski definition) is 6. The van der Waals surface area contributed by atoms with E-state index in [1.807, 2.05) is 38.1 Å². The Labute approximate surface area is 282 Å². The molecule has 4 aromatic carbocycles. The van der Waals surface area contributed by atoms with Gasteiger partial charge in [0.05, 0.1) is 0 Å². The number of aromatic hydroxyl groups is 2. The Morgan fingerprint density at radius 1 is 0.583 bits per heavy atom. The summed E-state index contributed by atoms with van der Waals surface area (Å²) in [6.07, 6.45) is 5.60. The van der Waals surface area contributed by atoms with Crippen molar-refractivity contribution in [1.82, 2.24) is 9.97 Å². The zero-order valence-corrected chi connectivity index (χ0v) is 29.4. The minimum absolute atomic E-state index is 0.179. The molecule has 7 rings (SSSR count). The average Bonchev–Trinajstić information content (AvgIpc) is 3.66. The maximum absolute atomic E-state index is 10.8. The van der Waals surface area contributed by atoms with Gasteiger partial charge >= 0.3 is 0 Å². The molecular formula is C42H46N2O4. The van der Waals surface area contributed by atoms with Crippen LogP contribution < -0.4 is 0 Å². The molecule has 248 valence electrons. The van der Waals surface area contributed by atoms with E-state index in [4.69, 9.17) is 18.8 Å². The van der Waals surface area contributed by atoms with Crippen molar-refractivity contribution in [3.63, 3.8) is 0 Å². The molecule has 6 aromatic rings. The van der Waals surface area contributed by atoms with Gasteiger partial charge < -0.3 is 19.0 Å². The number of rotatable bonds is 4. The highest BCUT2D eigenvalue weighted by molar-refractivity contribution is 5.80. The minimum Gasteiger partial charge on any atom is -0.507 e. The summed E-state index contributed by atoms with van der Waals surface area (Å²) in [5.74, 6) is 1.77. The Morgan fingerprint density at radius 2 is 1.00 bits per heavy atom. The molecule has 0 bridgehead atoms. The predicted octanol–water partition coefficient (Wildman–Crippen LogP) is 11.2. The lowest BCUT2D eigenvalue weighted by Gasteiger charge is -2.38. The van der Waals surface area contributed by atoms with Crippen LogP contribution in [0.5, 0.6) is 11.5 Å². The van der Waals surface area contributed by atoms with Gasteiger partial charge in [0.25, 0.3) is 0 Å². The van der Waals surface area contributed by atoms with Gasteiger partial charge in [-0.1, -0.05) is 72.9 Å². The van der Waals surface area contributed by atoms with Crippen LogP contribution in [0.2, 0.25) is 0 Å². The number of phenols is 2. The lowest BCUT2D eigenvalue weighted by atomic mass is 9.65. The van der Waals surface area contributed by atoms with Gasteiger partial charge in [-0.3, -0.25) is 0 Å². The fraction of sp³-hybridized carbons (Fsp3) is 0.381. The molecule has 0 saturated heterocycles. The average molecular weight is 643 g/mol. The van der Waals surface area contributed by atoms with Gasteiger partial charge in [-0.05, 0) is 108 Å². The number of phenolic OH excluding ortho intramolecular Hbond substituents is 2. The summed E-state index contributed by atoms with van der Waals surface area (Å²) >= 11 is 0. The molecule has 2 aromatic heterocycles. The lowest BCUT2D eigenvalue weighted by molar-refractivity contribution is 0.346. The van der Waals surface area contributed by atoms with E-state index in [2.05, 4.69) is 77.9 Å². The van der Waals surface area contributed by atoms with Gasteiger partial charge in [0.15, 0.2) is 11.2 Å². The summed E-state index contributed by atoms with van der Waals surface area (Å²) in [5, 5.41) is 21.6. The molecule has 0 radical (unpaired) electrons. The van der Waals surface area contributed by atoms with E-state index >= 15 is 0 Å². The van der Waals surface area contributed by atoms with Crippen molar-refractivity contribution in [2.45, 2.75) is 104 Å². The molecule has 0 unspecified atom stereocenters. The van der Waals surface area contributed by atoms with Gasteiger partial charge in [-0.2, -0.15) is 0 Å². The molecule has 0 atom stereocenters. The first-order valence-corrected chi connectivity index (χ1v) is 17.2. The van der Waals surface area contributed by atoms with E-state index in [9.17, 15) is 10.2 Å². The predicted molar refractivity (Wildman–Crippen MR) is 193 cm³/mol. The molecule has 0 amide bonds. The highest BCUT2D eigenvalue weighted by Crippen LogP contribution is 2.47. The first-order valence-electron chi connectivity index (χ1n) is 17.2. The third kappa shape index (κ3) is 5.45. The Hall–Kier alpha value is -4.58. The quantitative estimate of drug-likeness (QED) is 0.199. The number of hydrogen-bond donors (Lipinski definition) is 2. The molecule has 6 nitrogen and oxygen atoms in total. The third-order valence-electron chi connectivity index (χ3n) is 10.3. The second-order valence-electron chi connectivity index (χ2n) is 15.9. The van der Waals surface area contributed by atoms with Crippen LogP contribution in [0.3, 0.4) is 0 Å². The molecule has 2 heterocycles. The molecule has 6 heteroatoms. The summed E-state index contributed by atoms with van der Waals surface area (Å²) in [4.78, 5) is 9.98. The fourth-order valence-electron chi connectivity index (χ4n) is 7.55. The summed E-state index contributed by atoms with van der Waals surface area (Å²) in [5.41, 5.74) is 10.1. The van der Waals surface area contributed by atoms with Crippen LogP contribution in [-0.4, -0.2) is 20.2 Å². The number of aromatic nitrogens is 2.